The van der Waals surface area contributed by atoms with Gasteiger partial charge in [0, 0.05) is 5.92 Å². The van der Waals surface area contributed by atoms with Crippen LogP contribution in [0.25, 0.3) is 0 Å². The fraction of sp³-hybridized carbons (Fsp3) is 0.429. The first-order valence-corrected chi connectivity index (χ1v) is 3.90. The summed E-state index contributed by atoms with van der Waals surface area (Å²) in [6, 6.07) is 0. The molecular formula is C7H8OS. The molecule has 0 spiro atoms. The van der Waals surface area contributed by atoms with Crippen LogP contribution in [0.3, 0.4) is 0 Å². The summed E-state index contributed by atoms with van der Waals surface area (Å²) in [5.74, 6) is 0.639. The van der Waals surface area contributed by atoms with Gasteiger partial charge in [-0.2, -0.15) is 0 Å². The molecule has 2 unspecified atom stereocenters. The van der Waals surface area contributed by atoms with Crippen molar-refractivity contribution < 1.29 is 4.18 Å². The van der Waals surface area contributed by atoms with Gasteiger partial charge in [-0.05, 0) is 12.0 Å². The van der Waals surface area contributed by atoms with Crippen molar-refractivity contribution in [2.75, 3.05) is 6.61 Å². The number of hydrogen-bond donors (Lipinski definition) is 0. The Bertz CT molecular complexity index is 144. The first kappa shape index (κ1) is 5.57. The Balaban J connectivity index is 2.18. The van der Waals surface area contributed by atoms with Crippen molar-refractivity contribution in [1.29, 1.82) is 0 Å². The van der Waals surface area contributed by atoms with Crippen molar-refractivity contribution in [3.63, 3.8) is 0 Å². The predicted octanol–water partition coefficient (Wildman–Crippen LogP) is 1.78. The zero-order valence-corrected chi connectivity index (χ0v) is 5.80. The second-order valence-electron chi connectivity index (χ2n) is 2.28. The first-order valence-electron chi connectivity index (χ1n) is 3.10. The summed E-state index contributed by atoms with van der Waals surface area (Å²) in [5, 5.41) is 0.593. The molecule has 0 radical (unpaired) electrons. The highest BCUT2D eigenvalue weighted by molar-refractivity contribution is 7.95. The molecule has 1 aliphatic carbocycles. The highest BCUT2D eigenvalue weighted by Gasteiger charge is 2.25. The minimum absolute atomic E-state index is 0.593. The minimum atomic E-state index is 0.593. The van der Waals surface area contributed by atoms with Crippen LogP contribution in [0.2, 0.25) is 0 Å². The van der Waals surface area contributed by atoms with E-state index >= 15 is 0 Å². The molecule has 0 N–H and O–H groups in total. The molecule has 0 saturated carbocycles. The highest BCUT2D eigenvalue weighted by Crippen LogP contribution is 2.33. The molecule has 2 aliphatic rings. The molecule has 2 rings (SSSR count). The SMILES string of the molecule is C1=CC2COSC2C=C1. The maximum Gasteiger partial charge on any atom is 0.0691 e. The van der Waals surface area contributed by atoms with Gasteiger partial charge >= 0.3 is 0 Å². The van der Waals surface area contributed by atoms with Crippen LogP contribution < -0.4 is 0 Å². The van der Waals surface area contributed by atoms with Gasteiger partial charge in [-0.1, -0.05) is 24.3 Å². The van der Waals surface area contributed by atoms with Gasteiger partial charge in [0.05, 0.1) is 11.9 Å². The largest absolute Gasteiger partial charge is 0.314 e. The Morgan fingerprint density at radius 2 is 2.22 bits per heavy atom. The van der Waals surface area contributed by atoms with Crippen molar-refractivity contribution in [2.45, 2.75) is 5.25 Å². The molecular weight excluding hydrogens is 132 g/mol. The smallest absolute Gasteiger partial charge is 0.0691 e. The summed E-state index contributed by atoms with van der Waals surface area (Å²) >= 11 is 1.59. The number of fused-ring (bicyclic) bond motifs is 1. The summed E-state index contributed by atoms with van der Waals surface area (Å²) < 4.78 is 5.21. The third-order valence-corrected chi connectivity index (χ3v) is 2.63. The van der Waals surface area contributed by atoms with Crippen LogP contribution in [-0.4, -0.2) is 11.9 Å². The standard InChI is InChI=1S/C7H8OS/c1-2-4-7-6(3-1)5-8-9-7/h1-4,6-7H,5H2. The van der Waals surface area contributed by atoms with E-state index in [1.54, 1.807) is 12.0 Å². The predicted molar refractivity (Wildman–Crippen MR) is 39.1 cm³/mol. The van der Waals surface area contributed by atoms with Gasteiger partial charge in [0.2, 0.25) is 0 Å². The lowest BCUT2D eigenvalue weighted by Crippen LogP contribution is -2.10. The van der Waals surface area contributed by atoms with Gasteiger partial charge in [-0.3, -0.25) is 0 Å². The minimum Gasteiger partial charge on any atom is -0.314 e. The maximum absolute atomic E-state index is 5.21. The van der Waals surface area contributed by atoms with Crippen LogP contribution in [0.5, 0.6) is 0 Å². The number of hydrogen-bond acceptors (Lipinski definition) is 2. The van der Waals surface area contributed by atoms with Gasteiger partial charge in [-0.15, -0.1) is 0 Å². The summed E-state index contributed by atoms with van der Waals surface area (Å²) in [5.41, 5.74) is 0. The van der Waals surface area contributed by atoms with Crippen LogP contribution in [0, 0.1) is 5.92 Å². The Morgan fingerprint density at radius 3 is 3.11 bits per heavy atom. The molecule has 9 heavy (non-hydrogen) atoms. The van der Waals surface area contributed by atoms with Crippen LogP contribution in [-0.2, 0) is 4.18 Å². The van der Waals surface area contributed by atoms with Crippen molar-refractivity contribution >= 4 is 12.0 Å². The highest BCUT2D eigenvalue weighted by atomic mass is 32.2. The van der Waals surface area contributed by atoms with Gasteiger partial charge in [0.15, 0.2) is 0 Å². The van der Waals surface area contributed by atoms with Gasteiger partial charge in [0.25, 0.3) is 0 Å². The first-order chi connectivity index (χ1) is 4.47. The Kier molecular flexibility index (Phi) is 1.36. The molecule has 1 saturated heterocycles. The summed E-state index contributed by atoms with van der Waals surface area (Å²) in [4.78, 5) is 0. The van der Waals surface area contributed by atoms with Crippen LogP contribution in [0.1, 0.15) is 0 Å². The van der Waals surface area contributed by atoms with E-state index in [1.165, 1.54) is 0 Å². The van der Waals surface area contributed by atoms with Crippen molar-refractivity contribution in [1.82, 2.24) is 0 Å². The normalized spacial score (nSPS) is 39.1. The van der Waals surface area contributed by atoms with Crippen LogP contribution >= 0.6 is 12.0 Å². The fourth-order valence-corrected chi connectivity index (χ4v) is 1.94. The quantitative estimate of drug-likeness (QED) is 0.474. The summed E-state index contributed by atoms with van der Waals surface area (Å²) in [7, 11) is 0. The molecule has 0 amide bonds. The van der Waals surface area contributed by atoms with Crippen molar-refractivity contribution in [3.8, 4) is 0 Å². The van der Waals surface area contributed by atoms with E-state index < -0.39 is 0 Å². The molecule has 0 bridgehead atoms. The van der Waals surface area contributed by atoms with Gasteiger partial charge in [0.1, 0.15) is 0 Å². The van der Waals surface area contributed by atoms with E-state index in [0.717, 1.165) is 6.61 Å². The van der Waals surface area contributed by atoms with E-state index in [1.807, 2.05) is 0 Å². The third-order valence-electron chi connectivity index (χ3n) is 1.63. The van der Waals surface area contributed by atoms with E-state index in [2.05, 4.69) is 24.3 Å². The summed E-state index contributed by atoms with van der Waals surface area (Å²) in [6.45, 7) is 0.885. The molecule has 48 valence electrons. The second kappa shape index (κ2) is 2.20. The second-order valence-corrected chi connectivity index (χ2v) is 3.25. The average molecular weight is 140 g/mol. The molecule has 2 heteroatoms. The van der Waals surface area contributed by atoms with Crippen molar-refractivity contribution in [3.05, 3.63) is 24.3 Å². The molecule has 1 fully saturated rings. The zero-order chi connectivity index (χ0) is 6.10. The van der Waals surface area contributed by atoms with E-state index in [9.17, 15) is 0 Å². The van der Waals surface area contributed by atoms with Crippen molar-refractivity contribution in [2.24, 2.45) is 5.92 Å². The molecule has 1 heterocycles. The van der Waals surface area contributed by atoms with Gasteiger partial charge < -0.3 is 4.18 Å². The Morgan fingerprint density at radius 1 is 1.33 bits per heavy atom. The summed E-state index contributed by atoms with van der Waals surface area (Å²) in [6.07, 6.45) is 8.59. The van der Waals surface area contributed by atoms with Crippen LogP contribution in [0.4, 0.5) is 0 Å². The molecule has 2 atom stereocenters. The molecule has 1 nitrogen and oxygen atoms in total. The lowest BCUT2D eigenvalue weighted by molar-refractivity contribution is 0.365. The third kappa shape index (κ3) is 0.926. The fourth-order valence-electron chi connectivity index (χ4n) is 1.08. The topological polar surface area (TPSA) is 9.23 Å². The zero-order valence-electron chi connectivity index (χ0n) is 4.99. The monoisotopic (exact) mass is 140 g/mol. The Labute approximate surface area is 59.0 Å². The van der Waals surface area contributed by atoms with E-state index in [4.69, 9.17) is 4.18 Å². The van der Waals surface area contributed by atoms with E-state index in [0.29, 0.717) is 11.2 Å². The molecule has 0 aromatic heterocycles. The van der Waals surface area contributed by atoms with E-state index in [-0.39, 0.29) is 0 Å². The van der Waals surface area contributed by atoms with Gasteiger partial charge in [-0.25, -0.2) is 0 Å². The molecule has 0 aromatic carbocycles. The average Bonchev–Trinajstić information content (AvgIpc) is 2.33. The lowest BCUT2D eigenvalue weighted by Gasteiger charge is -2.09. The van der Waals surface area contributed by atoms with Crippen LogP contribution in [0.15, 0.2) is 24.3 Å². The Hall–Kier alpha value is -0.210. The number of rotatable bonds is 0. The molecule has 0 aromatic rings. The number of allylic oxidation sites excluding steroid dienone is 2. The maximum atomic E-state index is 5.21. The lowest BCUT2D eigenvalue weighted by atomic mass is 10.0. The molecule has 1 aliphatic heterocycles.